The van der Waals surface area contributed by atoms with E-state index in [1.807, 2.05) is 0 Å². The summed E-state index contributed by atoms with van der Waals surface area (Å²) in [5.74, 6) is 2.78. The van der Waals surface area contributed by atoms with Gasteiger partial charge in [0.25, 0.3) is 11.6 Å². The molecule has 2 bridgehead atoms. The number of nitro benzene ring substituents is 1. The summed E-state index contributed by atoms with van der Waals surface area (Å²) in [7, 11) is 0. The highest BCUT2D eigenvalue weighted by atomic mass is 16.6. The molecule has 1 aromatic heterocycles. The summed E-state index contributed by atoms with van der Waals surface area (Å²) >= 11 is 0. The van der Waals surface area contributed by atoms with Gasteiger partial charge >= 0.3 is 0 Å². The number of carbonyl (C=O) groups is 1. The van der Waals surface area contributed by atoms with Gasteiger partial charge < -0.3 is 9.88 Å². The van der Waals surface area contributed by atoms with Crippen molar-refractivity contribution in [3.8, 4) is 5.69 Å². The molecule has 7 heteroatoms. The number of imidazole rings is 1. The smallest absolute Gasteiger partial charge is 0.294 e. The van der Waals surface area contributed by atoms with Crippen molar-refractivity contribution in [2.75, 3.05) is 0 Å². The Hall–Kier alpha value is -2.70. The molecule has 0 aliphatic heterocycles. The fourth-order valence-electron chi connectivity index (χ4n) is 5.92. The van der Waals surface area contributed by atoms with E-state index in [1.54, 1.807) is 29.1 Å². The lowest BCUT2D eigenvalue weighted by Crippen LogP contribution is -2.42. The molecule has 5 rings (SSSR count). The number of fused-ring (bicyclic) bond motifs is 5. The Labute approximate surface area is 156 Å². The molecule has 1 aromatic carbocycles. The van der Waals surface area contributed by atoms with Gasteiger partial charge in [0.05, 0.1) is 11.3 Å². The first kappa shape index (κ1) is 16.5. The van der Waals surface area contributed by atoms with Crippen molar-refractivity contribution in [1.82, 2.24) is 14.9 Å². The monoisotopic (exact) mass is 366 g/mol. The van der Waals surface area contributed by atoms with Crippen LogP contribution < -0.4 is 5.32 Å². The van der Waals surface area contributed by atoms with E-state index in [4.69, 9.17) is 0 Å². The zero-order chi connectivity index (χ0) is 18.5. The Bertz CT molecular complexity index is 895. The average Bonchev–Trinajstić information content (AvgIpc) is 3.42. The van der Waals surface area contributed by atoms with Crippen molar-refractivity contribution in [2.24, 2.45) is 23.7 Å². The third-order valence-electron chi connectivity index (χ3n) is 6.96. The van der Waals surface area contributed by atoms with Gasteiger partial charge in [-0.1, -0.05) is 6.42 Å². The Morgan fingerprint density at radius 1 is 1.22 bits per heavy atom. The minimum absolute atomic E-state index is 0.0931. The minimum atomic E-state index is -0.452. The number of hydrogen-bond donors (Lipinski definition) is 1. The van der Waals surface area contributed by atoms with Crippen molar-refractivity contribution in [2.45, 2.75) is 38.1 Å². The van der Waals surface area contributed by atoms with Gasteiger partial charge in [-0.25, -0.2) is 4.98 Å². The summed E-state index contributed by atoms with van der Waals surface area (Å²) in [6, 6.07) is 4.86. The summed E-state index contributed by atoms with van der Waals surface area (Å²) in [5, 5.41) is 14.7. The maximum atomic E-state index is 12.8. The summed E-state index contributed by atoms with van der Waals surface area (Å²) in [6.45, 7) is 0. The van der Waals surface area contributed by atoms with E-state index in [9.17, 15) is 14.9 Å². The molecule has 1 heterocycles. The Balaban J connectivity index is 1.36. The number of carbonyl (C=O) groups excluding carboxylic acids is 1. The van der Waals surface area contributed by atoms with Gasteiger partial charge in [-0.15, -0.1) is 0 Å². The predicted octanol–water partition coefficient (Wildman–Crippen LogP) is 3.34. The van der Waals surface area contributed by atoms with Crippen LogP contribution in [0.15, 0.2) is 36.9 Å². The van der Waals surface area contributed by atoms with Crippen LogP contribution in [-0.2, 0) is 0 Å². The quantitative estimate of drug-likeness (QED) is 0.664. The third kappa shape index (κ3) is 2.64. The molecule has 0 radical (unpaired) electrons. The molecule has 3 saturated carbocycles. The Morgan fingerprint density at radius 3 is 2.85 bits per heavy atom. The molecule has 3 aliphatic rings. The second kappa shape index (κ2) is 6.18. The molecule has 2 aromatic rings. The highest BCUT2D eigenvalue weighted by molar-refractivity contribution is 5.95. The van der Waals surface area contributed by atoms with Gasteiger partial charge in [-0.05, 0) is 61.5 Å². The predicted molar refractivity (Wildman–Crippen MR) is 98.5 cm³/mol. The van der Waals surface area contributed by atoms with Crippen molar-refractivity contribution < 1.29 is 9.72 Å². The van der Waals surface area contributed by atoms with E-state index in [-0.39, 0.29) is 17.6 Å². The number of rotatable bonds is 4. The number of hydrogen-bond acceptors (Lipinski definition) is 4. The molecule has 140 valence electrons. The number of benzene rings is 1. The van der Waals surface area contributed by atoms with Crippen LogP contribution in [0.3, 0.4) is 0 Å². The topological polar surface area (TPSA) is 90.1 Å². The molecule has 0 spiro atoms. The molecule has 7 nitrogen and oxygen atoms in total. The molecule has 27 heavy (non-hydrogen) atoms. The molecular formula is C20H22N4O3. The molecule has 0 unspecified atom stereocenters. The largest absolute Gasteiger partial charge is 0.349 e. The van der Waals surface area contributed by atoms with Crippen molar-refractivity contribution in [1.29, 1.82) is 0 Å². The summed E-state index contributed by atoms with van der Waals surface area (Å²) in [5.41, 5.74) is 0.656. The molecule has 1 amide bonds. The first-order valence-corrected chi connectivity index (χ1v) is 9.69. The number of nitrogens with one attached hydrogen (secondary N) is 1. The number of aromatic nitrogens is 2. The first-order valence-electron chi connectivity index (χ1n) is 9.69. The van der Waals surface area contributed by atoms with Gasteiger partial charge in [0.15, 0.2) is 0 Å². The number of amides is 1. The second-order valence-electron chi connectivity index (χ2n) is 8.16. The molecule has 1 N–H and O–H groups in total. The van der Waals surface area contributed by atoms with Gasteiger partial charge in [0.2, 0.25) is 0 Å². The van der Waals surface area contributed by atoms with Crippen LogP contribution in [-0.4, -0.2) is 26.4 Å². The highest BCUT2D eigenvalue weighted by Gasteiger charge is 2.54. The van der Waals surface area contributed by atoms with Crippen LogP contribution in [0.1, 0.15) is 42.5 Å². The van der Waals surface area contributed by atoms with Gasteiger partial charge in [-0.3, -0.25) is 14.9 Å². The SMILES string of the molecule is O=C(N[C@@H]1C[C@H]2C[C@H]1[C@@H]1CCC[C@H]21)c1ccc(-n2ccnc2)c([N+](=O)[O-])c1. The van der Waals surface area contributed by atoms with Crippen molar-refractivity contribution in [3.63, 3.8) is 0 Å². The standard InChI is InChI=1S/C20H22N4O3/c25-20(22-17-9-13-8-16(17)15-3-1-2-14(13)15)12-4-5-18(19(10-12)24(26)27)23-7-6-21-11-23/h4-7,10-11,13-17H,1-3,8-9H2,(H,22,25)/t13-,14-,15-,16+,17-/m1/s1. The summed E-state index contributed by atoms with van der Waals surface area (Å²) in [4.78, 5) is 27.8. The summed E-state index contributed by atoms with van der Waals surface area (Å²) < 4.78 is 1.58. The van der Waals surface area contributed by atoms with E-state index >= 15 is 0 Å². The maximum absolute atomic E-state index is 12.8. The fraction of sp³-hybridized carbons (Fsp3) is 0.500. The van der Waals surface area contributed by atoms with E-state index in [0.717, 1.165) is 24.2 Å². The summed E-state index contributed by atoms with van der Waals surface area (Å²) in [6.07, 6.45) is 11.0. The molecule has 3 aliphatic carbocycles. The van der Waals surface area contributed by atoms with Crippen LogP contribution in [0.25, 0.3) is 5.69 Å². The van der Waals surface area contributed by atoms with Crippen LogP contribution in [0.4, 0.5) is 5.69 Å². The van der Waals surface area contributed by atoms with Gasteiger partial charge in [0.1, 0.15) is 5.69 Å². The highest BCUT2D eigenvalue weighted by Crippen LogP contribution is 2.58. The third-order valence-corrected chi connectivity index (χ3v) is 6.96. The van der Waals surface area contributed by atoms with Crippen LogP contribution >= 0.6 is 0 Å². The zero-order valence-electron chi connectivity index (χ0n) is 15.0. The van der Waals surface area contributed by atoms with E-state index in [2.05, 4.69) is 10.3 Å². The average molecular weight is 366 g/mol. The number of nitrogens with zero attached hydrogens (tertiary/aromatic N) is 3. The lowest BCUT2D eigenvalue weighted by atomic mass is 9.79. The van der Waals surface area contributed by atoms with Gasteiger partial charge in [-0.2, -0.15) is 0 Å². The normalized spacial score (nSPS) is 31.0. The second-order valence-corrected chi connectivity index (χ2v) is 8.16. The lowest BCUT2D eigenvalue weighted by molar-refractivity contribution is -0.384. The molecule has 0 saturated heterocycles. The molecular weight excluding hydrogens is 344 g/mol. The molecule has 5 atom stereocenters. The van der Waals surface area contributed by atoms with Crippen molar-refractivity contribution >= 4 is 11.6 Å². The molecule has 3 fully saturated rings. The maximum Gasteiger partial charge on any atom is 0.294 e. The van der Waals surface area contributed by atoms with E-state index in [0.29, 0.717) is 17.2 Å². The van der Waals surface area contributed by atoms with Crippen LogP contribution in [0, 0.1) is 33.8 Å². The minimum Gasteiger partial charge on any atom is -0.349 e. The van der Waals surface area contributed by atoms with E-state index in [1.165, 1.54) is 38.1 Å². The Kier molecular flexibility index (Phi) is 3.77. The first-order chi connectivity index (χ1) is 13.1. The van der Waals surface area contributed by atoms with E-state index < -0.39 is 4.92 Å². The Morgan fingerprint density at radius 2 is 2.07 bits per heavy atom. The zero-order valence-corrected chi connectivity index (χ0v) is 15.0. The fourth-order valence-corrected chi connectivity index (χ4v) is 5.92. The number of nitro groups is 1. The van der Waals surface area contributed by atoms with Crippen LogP contribution in [0.2, 0.25) is 0 Å². The van der Waals surface area contributed by atoms with Crippen molar-refractivity contribution in [3.05, 3.63) is 52.6 Å². The lowest BCUT2D eigenvalue weighted by Gasteiger charge is -2.32. The van der Waals surface area contributed by atoms with Crippen LogP contribution in [0.5, 0.6) is 0 Å². The van der Waals surface area contributed by atoms with Gasteiger partial charge in [0, 0.05) is 30.1 Å².